The summed E-state index contributed by atoms with van der Waals surface area (Å²) in [6.45, 7) is 5.59. The third-order valence-electron chi connectivity index (χ3n) is 2.23. The molecule has 0 aliphatic rings. The van der Waals surface area contributed by atoms with Crippen LogP contribution in [0.2, 0.25) is 0 Å². The minimum absolute atomic E-state index is 0.0355. The molecule has 5 nitrogen and oxygen atoms in total. The number of aryl methyl sites for hydroxylation is 1. The van der Waals surface area contributed by atoms with Crippen LogP contribution in [0, 0.1) is 0 Å². The molecule has 0 saturated heterocycles. The number of methoxy groups -OCH3 is 1. The van der Waals surface area contributed by atoms with E-state index in [1.54, 1.807) is 7.11 Å². The number of hydrogen-bond acceptors (Lipinski definition) is 4. The third kappa shape index (κ3) is 2.10. The van der Waals surface area contributed by atoms with Crippen molar-refractivity contribution in [1.29, 1.82) is 0 Å². The summed E-state index contributed by atoms with van der Waals surface area (Å²) in [7, 11) is 3.59. The molecule has 5 heteroatoms. The Morgan fingerprint density at radius 3 is 2.79 bits per heavy atom. The molecule has 1 aromatic rings. The highest BCUT2D eigenvalue weighted by Gasteiger charge is 2.17. The van der Waals surface area contributed by atoms with Crippen LogP contribution in [0.5, 0.6) is 0 Å². The molecule has 1 rings (SSSR count). The SMILES string of the molecule is CCn1nnc(CNC)c1C(C)OC. The van der Waals surface area contributed by atoms with Gasteiger partial charge in [-0.05, 0) is 20.9 Å². The number of nitrogens with zero attached hydrogens (tertiary/aromatic N) is 3. The second-order valence-electron chi connectivity index (χ2n) is 3.15. The zero-order valence-electron chi connectivity index (χ0n) is 9.24. The quantitative estimate of drug-likeness (QED) is 0.757. The summed E-state index contributed by atoms with van der Waals surface area (Å²) in [5.74, 6) is 0. The average molecular weight is 198 g/mol. The van der Waals surface area contributed by atoms with Gasteiger partial charge in [-0.25, -0.2) is 4.68 Å². The van der Waals surface area contributed by atoms with Gasteiger partial charge in [0, 0.05) is 20.2 Å². The molecule has 80 valence electrons. The fraction of sp³-hybridized carbons (Fsp3) is 0.778. The lowest BCUT2D eigenvalue weighted by molar-refractivity contribution is 0.110. The van der Waals surface area contributed by atoms with E-state index in [0.29, 0.717) is 0 Å². The Hall–Kier alpha value is -0.940. The van der Waals surface area contributed by atoms with Crippen LogP contribution in [-0.2, 0) is 17.8 Å². The van der Waals surface area contributed by atoms with Crippen molar-refractivity contribution in [3.05, 3.63) is 11.4 Å². The van der Waals surface area contributed by atoms with Crippen molar-refractivity contribution in [2.75, 3.05) is 14.2 Å². The van der Waals surface area contributed by atoms with E-state index in [0.717, 1.165) is 24.5 Å². The van der Waals surface area contributed by atoms with Crippen molar-refractivity contribution in [3.8, 4) is 0 Å². The molecular weight excluding hydrogens is 180 g/mol. The molecular formula is C9H18N4O. The molecule has 0 bridgehead atoms. The van der Waals surface area contributed by atoms with Crippen molar-refractivity contribution >= 4 is 0 Å². The molecule has 0 fully saturated rings. The van der Waals surface area contributed by atoms with Crippen LogP contribution in [0.25, 0.3) is 0 Å². The lowest BCUT2D eigenvalue weighted by Gasteiger charge is -2.12. The third-order valence-corrected chi connectivity index (χ3v) is 2.23. The van der Waals surface area contributed by atoms with Crippen LogP contribution in [0.1, 0.15) is 31.3 Å². The molecule has 1 heterocycles. The molecule has 0 saturated carbocycles. The Labute approximate surface area is 84.4 Å². The normalized spacial score (nSPS) is 13.1. The molecule has 1 aromatic heterocycles. The number of nitrogens with one attached hydrogen (secondary N) is 1. The predicted octanol–water partition coefficient (Wildman–Crippen LogP) is 0.725. The summed E-state index contributed by atoms with van der Waals surface area (Å²) in [5, 5.41) is 11.3. The molecule has 0 radical (unpaired) electrons. The van der Waals surface area contributed by atoms with Crippen molar-refractivity contribution in [2.45, 2.75) is 33.0 Å². The summed E-state index contributed by atoms with van der Waals surface area (Å²) in [6, 6.07) is 0. The number of hydrogen-bond donors (Lipinski definition) is 1. The van der Waals surface area contributed by atoms with Gasteiger partial charge in [0.05, 0.1) is 11.8 Å². The minimum atomic E-state index is 0.0355. The fourth-order valence-corrected chi connectivity index (χ4v) is 1.44. The van der Waals surface area contributed by atoms with E-state index in [-0.39, 0.29) is 6.10 Å². The standard InChI is InChI=1S/C9H18N4O/c1-5-13-9(7(2)14-4)8(6-10-3)11-12-13/h7,10H,5-6H2,1-4H3. The Morgan fingerprint density at radius 2 is 2.29 bits per heavy atom. The Kier molecular flexibility index (Phi) is 4.03. The van der Waals surface area contributed by atoms with Gasteiger partial charge in [-0.2, -0.15) is 0 Å². The molecule has 1 N–H and O–H groups in total. The van der Waals surface area contributed by atoms with Gasteiger partial charge in [0.25, 0.3) is 0 Å². The minimum Gasteiger partial charge on any atom is -0.375 e. The van der Waals surface area contributed by atoms with Gasteiger partial charge in [-0.3, -0.25) is 0 Å². The van der Waals surface area contributed by atoms with Crippen LogP contribution < -0.4 is 5.32 Å². The molecule has 0 amide bonds. The zero-order valence-corrected chi connectivity index (χ0v) is 9.24. The highest BCUT2D eigenvalue weighted by atomic mass is 16.5. The Morgan fingerprint density at radius 1 is 1.57 bits per heavy atom. The summed E-state index contributed by atoms with van der Waals surface area (Å²) in [6.07, 6.45) is 0.0355. The van der Waals surface area contributed by atoms with Crippen LogP contribution in [0.15, 0.2) is 0 Å². The smallest absolute Gasteiger partial charge is 0.102 e. The molecule has 0 spiro atoms. The maximum absolute atomic E-state index is 5.30. The fourth-order valence-electron chi connectivity index (χ4n) is 1.44. The van der Waals surface area contributed by atoms with E-state index in [4.69, 9.17) is 4.74 Å². The molecule has 0 aliphatic heterocycles. The van der Waals surface area contributed by atoms with Crippen LogP contribution >= 0.6 is 0 Å². The van der Waals surface area contributed by atoms with Crippen molar-refractivity contribution in [1.82, 2.24) is 20.3 Å². The van der Waals surface area contributed by atoms with E-state index in [1.807, 2.05) is 25.6 Å². The van der Waals surface area contributed by atoms with Crippen LogP contribution in [0.4, 0.5) is 0 Å². The van der Waals surface area contributed by atoms with Gasteiger partial charge in [0.1, 0.15) is 5.69 Å². The summed E-state index contributed by atoms with van der Waals surface area (Å²) in [5.41, 5.74) is 2.02. The van der Waals surface area contributed by atoms with Crippen molar-refractivity contribution in [2.24, 2.45) is 0 Å². The number of rotatable bonds is 5. The van der Waals surface area contributed by atoms with Crippen LogP contribution in [0.3, 0.4) is 0 Å². The van der Waals surface area contributed by atoms with Gasteiger partial charge in [-0.1, -0.05) is 5.21 Å². The highest BCUT2D eigenvalue weighted by Crippen LogP contribution is 2.18. The maximum atomic E-state index is 5.30. The number of ether oxygens (including phenoxy) is 1. The van der Waals surface area contributed by atoms with E-state index < -0.39 is 0 Å². The Bertz CT molecular complexity index is 284. The first-order valence-electron chi connectivity index (χ1n) is 4.84. The van der Waals surface area contributed by atoms with Gasteiger partial charge < -0.3 is 10.1 Å². The summed E-state index contributed by atoms with van der Waals surface area (Å²) in [4.78, 5) is 0. The molecule has 1 unspecified atom stereocenters. The van der Waals surface area contributed by atoms with E-state index in [2.05, 4.69) is 15.6 Å². The Balaban J connectivity index is 2.99. The van der Waals surface area contributed by atoms with Gasteiger partial charge in [0.2, 0.25) is 0 Å². The molecule has 14 heavy (non-hydrogen) atoms. The first kappa shape index (κ1) is 11.1. The predicted molar refractivity (Wildman–Crippen MR) is 53.9 cm³/mol. The highest BCUT2D eigenvalue weighted by molar-refractivity contribution is 5.12. The van der Waals surface area contributed by atoms with E-state index in [9.17, 15) is 0 Å². The second kappa shape index (κ2) is 5.07. The number of aromatic nitrogens is 3. The molecule has 1 atom stereocenters. The van der Waals surface area contributed by atoms with Crippen LogP contribution in [-0.4, -0.2) is 29.2 Å². The molecule has 0 aromatic carbocycles. The maximum Gasteiger partial charge on any atom is 0.102 e. The second-order valence-corrected chi connectivity index (χ2v) is 3.15. The largest absolute Gasteiger partial charge is 0.375 e. The topological polar surface area (TPSA) is 52.0 Å². The first-order valence-corrected chi connectivity index (χ1v) is 4.84. The lowest BCUT2D eigenvalue weighted by Crippen LogP contribution is -2.13. The average Bonchev–Trinajstić information content (AvgIpc) is 2.60. The first-order chi connectivity index (χ1) is 6.74. The van der Waals surface area contributed by atoms with Gasteiger partial charge in [-0.15, -0.1) is 5.10 Å². The van der Waals surface area contributed by atoms with Crippen molar-refractivity contribution < 1.29 is 4.74 Å². The van der Waals surface area contributed by atoms with E-state index >= 15 is 0 Å². The van der Waals surface area contributed by atoms with E-state index in [1.165, 1.54) is 0 Å². The summed E-state index contributed by atoms with van der Waals surface area (Å²) < 4.78 is 7.17. The zero-order chi connectivity index (χ0) is 10.6. The van der Waals surface area contributed by atoms with Gasteiger partial charge >= 0.3 is 0 Å². The van der Waals surface area contributed by atoms with Crippen molar-refractivity contribution in [3.63, 3.8) is 0 Å². The molecule has 0 aliphatic carbocycles. The summed E-state index contributed by atoms with van der Waals surface area (Å²) >= 11 is 0. The monoisotopic (exact) mass is 198 g/mol. The van der Waals surface area contributed by atoms with Gasteiger partial charge in [0.15, 0.2) is 0 Å². The lowest BCUT2D eigenvalue weighted by atomic mass is 10.2.